The predicted molar refractivity (Wildman–Crippen MR) is 53.4 cm³/mol. The van der Waals surface area contributed by atoms with Gasteiger partial charge in [-0.15, -0.1) is 0 Å². The van der Waals surface area contributed by atoms with Crippen LogP contribution in [0.15, 0.2) is 24.9 Å². The highest BCUT2D eigenvalue weighted by atomic mass is 16.6. The molecule has 0 rings (SSSR count). The van der Waals surface area contributed by atoms with Gasteiger partial charge in [0, 0.05) is 11.8 Å². The van der Waals surface area contributed by atoms with Crippen molar-refractivity contribution in [2.45, 2.75) is 13.2 Å². The van der Waals surface area contributed by atoms with Crippen molar-refractivity contribution in [1.82, 2.24) is 5.32 Å². The largest absolute Gasteiger partial charge is 0.433 e. The van der Waals surface area contributed by atoms with E-state index in [-0.39, 0.29) is 6.61 Å². The average Bonchev–Trinajstić information content (AvgIpc) is 2.18. The summed E-state index contributed by atoms with van der Waals surface area (Å²) in [6.07, 6.45) is 0.422. The summed E-state index contributed by atoms with van der Waals surface area (Å²) in [4.78, 5) is 19.6. The van der Waals surface area contributed by atoms with Crippen molar-refractivity contribution in [3.05, 3.63) is 24.9 Å². The molecule has 1 amide bonds. The lowest BCUT2D eigenvalue weighted by molar-refractivity contribution is -0.158. The number of nitrogens with one attached hydrogen (secondary N) is 1. The van der Waals surface area contributed by atoms with E-state index in [0.29, 0.717) is 12.1 Å². The second-order valence-electron chi connectivity index (χ2n) is 2.26. The predicted octanol–water partition coefficient (Wildman–Crippen LogP) is -0.708. The molecule has 86 valence electrons. The standard InChI is InChI=1S/C5H8O3.C4H7NO2/c1-3-5(7)8-4(2)6;1-4(2-6)5-3-7/h3-4,6H,1H2,2H3;3,6H,1-2H2,(H,5,7). The summed E-state index contributed by atoms with van der Waals surface area (Å²) in [6.45, 7) is 7.55. The number of ether oxygens (including phenoxy) is 1. The third-order valence-electron chi connectivity index (χ3n) is 0.907. The van der Waals surface area contributed by atoms with E-state index in [1.54, 1.807) is 0 Å². The molecule has 0 aromatic rings. The van der Waals surface area contributed by atoms with Crippen molar-refractivity contribution in [3.63, 3.8) is 0 Å². The Kier molecular flexibility index (Phi) is 11.0. The van der Waals surface area contributed by atoms with E-state index in [9.17, 15) is 9.59 Å². The van der Waals surface area contributed by atoms with Crippen molar-refractivity contribution in [2.24, 2.45) is 0 Å². The smallest absolute Gasteiger partial charge is 0.332 e. The Morgan fingerprint density at radius 2 is 2.20 bits per heavy atom. The van der Waals surface area contributed by atoms with Gasteiger partial charge in [-0.2, -0.15) is 0 Å². The summed E-state index contributed by atoms with van der Waals surface area (Å²) in [6, 6.07) is 0. The molecule has 0 saturated carbocycles. The third kappa shape index (κ3) is 15.1. The van der Waals surface area contributed by atoms with E-state index in [1.807, 2.05) is 0 Å². The maximum atomic E-state index is 10.1. The normalized spacial score (nSPS) is 10.1. The number of hydrogen-bond acceptors (Lipinski definition) is 5. The SMILES string of the molecule is C=C(CO)NC=O.C=CC(=O)OC(C)O. The van der Waals surface area contributed by atoms with E-state index in [2.05, 4.69) is 23.2 Å². The highest BCUT2D eigenvalue weighted by Crippen LogP contribution is 1.84. The molecule has 0 aliphatic rings. The van der Waals surface area contributed by atoms with Crippen LogP contribution in [-0.2, 0) is 14.3 Å². The zero-order valence-corrected chi connectivity index (χ0v) is 8.47. The zero-order chi connectivity index (χ0) is 12.3. The molecule has 0 fully saturated rings. The molecule has 0 bridgehead atoms. The zero-order valence-electron chi connectivity index (χ0n) is 8.47. The van der Waals surface area contributed by atoms with Gasteiger partial charge in [0.1, 0.15) is 0 Å². The lowest BCUT2D eigenvalue weighted by Crippen LogP contribution is -2.11. The Bertz CT molecular complexity index is 225. The van der Waals surface area contributed by atoms with Gasteiger partial charge >= 0.3 is 5.97 Å². The van der Waals surface area contributed by atoms with E-state index < -0.39 is 12.3 Å². The quantitative estimate of drug-likeness (QED) is 0.245. The summed E-state index contributed by atoms with van der Waals surface area (Å²) >= 11 is 0. The Hall–Kier alpha value is -1.66. The van der Waals surface area contributed by atoms with Crippen LogP contribution in [0.4, 0.5) is 0 Å². The second kappa shape index (κ2) is 10.4. The molecule has 0 aromatic heterocycles. The average molecular weight is 217 g/mol. The fourth-order valence-electron chi connectivity index (χ4n) is 0.345. The van der Waals surface area contributed by atoms with Crippen molar-refractivity contribution < 1.29 is 24.5 Å². The maximum Gasteiger partial charge on any atom is 0.332 e. The number of amides is 1. The summed E-state index contributed by atoms with van der Waals surface area (Å²) in [5, 5.41) is 18.7. The molecule has 0 radical (unpaired) electrons. The van der Waals surface area contributed by atoms with E-state index >= 15 is 0 Å². The number of aliphatic hydroxyl groups is 2. The molecule has 6 nitrogen and oxygen atoms in total. The molecule has 1 unspecified atom stereocenters. The molecule has 6 heteroatoms. The highest BCUT2D eigenvalue weighted by molar-refractivity contribution is 5.81. The van der Waals surface area contributed by atoms with Gasteiger partial charge in [-0.25, -0.2) is 4.79 Å². The van der Waals surface area contributed by atoms with Gasteiger partial charge in [0.05, 0.1) is 6.61 Å². The lowest BCUT2D eigenvalue weighted by Gasteiger charge is -2.01. The minimum Gasteiger partial charge on any atom is -0.433 e. The van der Waals surface area contributed by atoms with E-state index in [0.717, 1.165) is 6.08 Å². The van der Waals surface area contributed by atoms with Crippen LogP contribution in [-0.4, -0.2) is 35.5 Å². The van der Waals surface area contributed by atoms with Crippen LogP contribution in [0, 0.1) is 0 Å². The summed E-state index contributed by atoms with van der Waals surface area (Å²) < 4.78 is 4.20. The van der Waals surface area contributed by atoms with Gasteiger partial charge in [0.25, 0.3) is 0 Å². The van der Waals surface area contributed by atoms with Gasteiger partial charge in [-0.3, -0.25) is 4.79 Å². The summed E-state index contributed by atoms with van der Waals surface area (Å²) in [5.41, 5.74) is 0.315. The molecule has 0 aliphatic heterocycles. The van der Waals surface area contributed by atoms with Crippen LogP contribution < -0.4 is 5.32 Å². The van der Waals surface area contributed by atoms with Crippen LogP contribution in [0.25, 0.3) is 0 Å². The van der Waals surface area contributed by atoms with Crippen LogP contribution in [0.1, 0.15) is 6.92 Å². The third-order valence-corrected chi connectivity index (χ3v) is 0.907. The molecule has 0 heterocycles. The molecule has 0 aliphatic carbocycles. The lowest BCUT2D eigenvalue weighted by atomic mass is 10.5. The molecular weight excluding hydrogens is 202 g/mol. The number of rotatable bonds is 5. The minimum absolute atomic E-state index is 0.196. The topological polar surface area (TPSA) is 95.9 Å². The van der Waals surface area contributed by atoms with Crippen molar-refractivity contribution in [3.8, 4) is 0 Å². The number of aliphatic hydroxyl groups excluding tert-OH is 2. The first-order valence-corrected chi connectivity index (χ1v) is 3.97. The number of hydrogen-bond donors (Lipinski definition) is 3. The number of carbonyl (C=O) groups excluding carboxylic acids is 2. The molecule has 15 heavy (non-hydrogen) atoms. The molecular formula is C9H15NO5. The monoisotopic (exact) mass is 217 g/mol. The molecule has 0 saturated heterocycles. The molecule has 1 atom stereocenters. The fraction of sp³-hybridized carbons (Fsp3) is 0.333. The number of esters is 1. The van der Waals surface area contributed by atoms with E-state index in [1.165, 1.54) is 6.92 Å². The summed E-state index contributed by atoms with van der Waals surface area (Å²) in [7, 11) is 0. The van der Waals surface area contributed by atoms with Crippen LogP contribution in [0.3, 0.4) is 0 Å². The van der Waals surface area contributed by atoms with E-state index in [4.69, 9.17) is 10.2 Å². The Morgan fingerprint density at radius 1 is 1.67 bits per heavy atom. The first-order valence-electron chi connectivity index (χ1n) is 3.97. The first-order chi connectivity index (χ1) is 6.97. The minimum atomic E-state index is -1.04. The first kappa shape index (κ1) is 15.8. The summed E-state index contributed by atoms with van der Waals surface area (Å²) in [5.74, 6) is -0.611. The Morgan fingerprint density at radius 3 is 2.33 bits per heavy atom. The second-order valence-corrected chi connectivity index (χ2v) is 2.26. The van der Waals surface area contributed by atoms with Gasteiger partial charge in [-0.1, -0.05) is 13.2 Å². The maximum absolute atomic E-state index is 10.1. The van der Waals surface area contributed by atoms with Crippen molar-refractivity contribution >= 4 is 12.4 Å². The number of carbonyl (C=O) groups is 2. The Balaban J connectivity index is 0. The van der Waals surface area contributed by atoms with Crippen LogP contribution in [0.2, 0.25) is 0 Å². The van der Waals surface area contributed by atoms with Gasteiger partial charge < -0.3 is 20.3 Å². The van der Waals surface area contributed by atoms with Crippen molar-refractivity contribution in [2.75, 3.05) is 6.61 Å². The van der Waals surface area contributed by atoms with Gasteiger partial charge in [0.15, 0.2) is 6.29 Å². The molecule has 3 N–H and O–H groups in total. The molecule has 0 aromatic carbocycles. The van der Waals surface area contributed by atoms with Gasteiger partial charge in [-0.05, 0) is 6.92 Å². The fourth-order valence-corrected chi connectivity index (χ4v) is 0.345. The molecule has 0 spiro atoms. The highest BCUT2D eigenvalue weighted by Gasteiger charge is 1.97. The Labute approximate surface area is 87.9 Å². The van der Waals surface area contributed by atoms with Crippen LogP contribution in [0.5, 0.6) is 0 Å². The van der Waals surface area contributed by atoms with Crippen molar-refractivity contribution in [1.29, 1.82) is 0 Å². The van der Waals surface area contributed by atoms with Crippen LogP contribution >= 0.6 is 0 Å². The van der Waals surface area contributed by atoms with Gasteiger partial charge in [0.2, 0.25) is 6.41 Å².